The number of esters is 1. The second-order valence-electron chi connectivity index (χ2n) is 6.17. The molecule has 150 valence electrons. The number of alkyl halides is 3. The first-order chi connectivity index (χ1) is 13.3. The average molecular weight is 414 g/mol. The van der Waals surface area contributed by atoms with Crippen molar-refractivity contribution in [3.05, 3.63) is 51.9 Å². The zero-order valence-corrected chi connectivity index (χ0v) is 15.7. The summed E-state index contributed by atoms with van der Waals surface area (Å²) in [6.07, 6.45) is -2.48. The molecule has 0 spiro atoms. The fourth-order valence-electron chi connectivity index (χ4n) is 2.73. The molecule has 0 aliphatic carbocycles. The number of aromatic nitrogens is 2. The molecule has 0 radical (unpaired) electrons. The van der Waals surface area contributed by atoms with Crippen molar-refractivity contribution < 1.29 is 27.4 Å². The molecule has 0 amide bonds. The molecule has 2 heterocycles. The van der Waals surface area contributed by atoms with E-state index in [2.05, 4.69) is 9.72 Å². The number of thioether (sulfide) groups is 1. The fraction of sp³-hybridized carbons (Fsp3) is 0.389. The Balaban J connectivity index is 2.01. The van der Waals surface area contributed by atoms with Gasteiger partial charge in [0.05, 0.1) is 31.2 Å². The number of rotatable bonds is 5. The zero-order valence-electron chi connectivity index (χ0n) is 14.9. The Morgan fingerprint density at radius 3 is 2.64 bits per heavy atom. The Hall–Kier alpha value is -2.33. The largest absolute Gasteiger partial charge is 0.465 e. The topological polar surface area (TPSA) is 70.4 Å². The van der Waals surface area contributed by atoms with Gasteiger partial charge in [-0.2, -0.15) is 13.2 Å². The number of methoxy groups -OCH3 is 1. The summed E-state index contributed by atoms with van der Waals surface area (Å²) in [4.78, 5) is 28.8. The van der Waals surface area contributed by atoms with Crippen molar-refractivity contribution in [2.45, 2.75) is 17.8 Å². The average Bonchev–Trinajstić information content (AvgIpc) is 3.19. The number of carbonyl (C=O) groups excluding carboxylic acids is 1. The van der Waals surface area contributed by atoms with Gasteiger partial charge in [0.2, 0.25) is 0 Å². The second kappa shape index (κ2) is 8.36. The van der Waals surface area contributed by atoms with Gasteiger partial charge < -0.3 is 9.47 Å². The Morgan fingerprint density at radius 2 is 2.07 bits per heavy atom. The SMILES string of the molecule is COC(=O)c1cnc(SCC2CCOC2)n(-c2ccc(C(F)(F)F)cc2)c1=O. The lowest BCUT2D eigenvalue weighted by Gasteiger charge is -2.15. The summed E-state index contributed by atoms with van der Waals surface area (Å²) in [7, 11) is 1.13. The van der Waals surface area contributed by atoms with E-state index in [0.29, 0.717) is 24.9 Å². The van der Waals surface area contributed by atoms with Crippen LogP contribution < -0.4 is 5.56 Å². The zero-order chi connectivity index (χ0) is 20.3. The van der Waals surface area contributed by atoms with E-state index in [4.69, 9.17) is 4.74 Å². The van der Waals surface area contributed by atoms with E-state index in [1.54, 1.807) is 0 Å². The molecule has 1 aliphatic rings. The molecule has 3 rings (SSSR count). The maximum absolute atomic E-state index is 12.8. The van der Waals surface area contributed by atoms with E-state index in [-0.39, 0.29) is 16.4 Å². The maximum atomic E-state index is 12.8. The Labute approximate surface area is 162 Å². The Morgan fingerprint density at radius 1 is 1.36 bits per heavy atom. The molecular weight excluding hydrogens is 397 g/mol. The number of benzene rings is 1. The van der Waals surface area contributed by atoms with Crippen LogP contribution in [-0.2, 0) is 15.7 Å². The van der Waals surface area contributed by atoms with Crippen molar-refractivity contribution in [2.24, 2.45) is 5.92 Å². The first-order valence-electron chi connectivity index (χ1n) is 8.40. The third-order valence-corrected chi connectivity index (χ3v) is 5.44. The smallest absolute Gasteiger partial charge is 0.416 e. The molecule has 1 aliphatic heterocycles. The molecule has 1 fully saturated rings. The van der Waals surface area contributed by atoms with Gasteiger partial charge in [-0.15, -0.1) is 0 Å². The van der Waals surface area contributed by atoms with Crippen molar-refractivity contribution in [1.29, 1.82) is 0 Å². The standard InChI is InChI=1S/C18H17F3N2O4S/c1-26-16(25)14-8-22-17(28-10-11-6-7-27-9-11)23(15(14)24)13-4-2-12(3-5-13)18(19,20)21/h2-5,8,11H,6-7,9-10H2,1H3. The quantitative estimate of drug-likeness (QED) is 0.425. The minimum Gasteiger partial charge on any atom is -0.465 e. The molecule has 0 N–H and O–H groups in total. The number of hydrogen-bond donors (Lipinski definition) is 0. The maximum Gasteiger partial charge on any atom is 0.416 e. The van der Waals surface area contributed by atoms with Crippen LogP contribution >= 0.6 is 11.8 Å². The molecule has 10 heteroatoms. The van der Waals surface area contributed by atoms with E-state index < -0.39 is 23.3 Å². The summed E-state index contributed by atoms with van der Waals surface area (Å²) in [5, 5.41) is 0.282. The summed E-state index contributed by atoms with van der Waals surface area (Å²) in [6.45, 7) is 1.28. The highest BCUT2D eigenvalue weighted by Crippen LogP contribution is 2.30. The van der Waals surface area contributed by atoms with E-state index >= 15 is 0 Å². The van der Waals surface area contributed by atoms with Crippen LogP contribution in [0.1, 0.15) is 22.3 Å². The molecule has 1 saturated heterocycles. The normalized spacial score (nSPS) is 16.9. The highest BCUT2D eigenvalue weighted by atomic mass is 32.2. The van der Waals surface area contributed by atoms with Gasteiger partial charge in [-0.25, -0.2) is 9.78 Å². The van der Waals surface area contributed by atoms with Crippen LogP contribution in [0.5, 0.6) is 0 Å². The predicted octanol–water partition coefficient (Wildman–Crippen LogP) is 3.17. The van der Waals surface area contributed by atoms with Gasteiger partial charge in [0, 0.05) is 12.4 Å². The molecule has 0 bridgehead atoms. The van der Waals surface area contributed by atoms with Crippen molar-refractivity contribution in [3.8, 4) is 5.69 Å². The lowest BCUT2D eigenvalue weighted by molar-refractivity contribution is -0.137. The summed E-state index contributed by atoms with van der Waals surface area (Å²) in [5.74, 6) is 0.0622. The summed E-state index contributed by atoms with van der Waals surface area (Å²) in [6, 6.07) is 4.11. The second-order valence-corrected chi connectivity index (χ2v) is 7.16. The molecule has 28 heavy (non-hydrogen) atoms. The fourth-order valence-corrected chi connectivity index (χ4v) is 3.82. The summed E-state index contributed by atoms with van der Waals surface area (Å²) >= 11 is 1.29. The Kier molecular flexibility index (Phi) is 6.09. The summed E-state index contributed by atoms with van der Waals surface area (Å²) < 4.78 is 49.5. The van der Waals surface area contributed by atoms with E-state index in [1.165, 1.54) is 23.9 Å². The monoisotopic (exact) mass is 414 g/mol. The number of carbonyl (C=O) groups is 1. The molecule has 1 unspecified atom stereocenters. The van der Waals surface area contributed by atoms with Gasteiger partial charge in [0.1, 0.15) is 5.56 Å². The predicted molar refractivity (Wildman–Crippen MR) is 95.8 cm³/mol. The van der Waals surface area contributed by atoms with Crippen LogP contribution in [0.2, 0.25) is 0 Å². The van der Waals surface area contributed by atoms with Gasteiger partial charge in [0.15, 0.2) is 5.16 Å². The van der Waals surface area contributed by atoms with E-state index in [0.717, 1.165) is 36.4 Å². The van der Waals surface area contributed by atoms with Crippen molar-refractivity contribution in [1.82, 2.24) is 9.55 Å². The first kappa shape index (κ1) is 20.4. The van der Waals surface area contributed by atoms with Gasteiger partial charge in [-0.1, -0.05) is 11.8 Å². The molecule has 1 aromatic carbocycles. The van der Waals surface area contributed by atoms with Crippen molar-refractivity contribution >= 4 is 17.7 Å². The van der Waals surface area contributed by atoms with Crippen molar-refractivity contribution in [3.63, 3.8) is 0 Å². The third-order valence-electron chi connectivity index (χ3n) is 4.26. The highest BCUT2D eigenvalue weighted by molar-refractivity contribution is 7.99. The molecular formula is C18H17F3N2O4S. The van der Waals surface area contributed by atoms with Gasteiger partial charge in [-0.05, 0) is 36.6 Å². The third kappa shape index (κ3) is 4.39. The molecule has 1 atom stereocenters. The highest BCUT2D eigenvalue weighted by Gasteiger charge is 2.30. The molecule has 1 aromatic heterocycles. The number of halogens is 3. The van der Waals surface area contributed by atoms with Gasteiger partial charge >= 0.3 is 12.1 Å². The van der Waals surface area contributed by atoms with E-state index in [1.807, 2.05) is 0 Å². The van der Waals surface area contributed by atoms with Crippen LogP contribution in [0, 0.1) is 5.92 Å². The van der Waals surface area contributed by atoms with Crippen molar-refractivity contribution in [2.75, 3.05) is 26.1 Å². The Bertz CT molecular complexity index is 907. The molecule has 0 saturated carbocycles. The van der Waals surface area contributed by atoms with Crippen LogP contribution in [-0.4, -0.2) is 41.6 Å². The molecule has 6 nitrogen and oxygen atoms in total. The lowest BCUT2D eigenvalue weighted by Crippen LogP contribution is -2.28. The molecule has 2 aromatic rings. The van der Waals surface area contributed by atoms with Gasteiger partial charge in [0.25, 0.3) is 5.56 Å². The minimum atomic E-state index is -4.49. The van der Waals surface area contributed by atoms with E-state index in [9.17, 15) is 22.8 Å². The first-order valence-corrected chi connectivity index (χ1v) is 9.38. The number of hydrogen-bond acceptors (Lipinski definition) is 6. The lowest BCUT2D eigenvalue weighted by atomic mass is 10.2. The number of ether oxygens (including phenoxy) is 2. The van der Waals surface area contributed by atoms with Crippen LogP contribution in [0.4, 0.5) is 13.2 Å². The van der Waals surface area contributed by atoms with Crippen LogP contribution in [0.15, 0.2) is 40.4 Å². The minimum absolute atomic E-state index is 0.182. The van der Waals surface area contributed by atoms with Crippen LogP contribution in [0.25, 0.3) is 5.69 Å². The number of nitrogens with zero attached hydrogens (tertiary/aromatic N) is 2. The summed E-state index contributed by atoms with van der Waals surface area (Å²) in [5.41, 5.74) is -1.65. The van der Waals surface area contributed by atoms with Crippen LogP contribution in [0.3, 0.4) is 0 Å². The van der Waals surface area contributed by atoms with Gasteiger partial charge in [-0.3, -0.25) is 9.36 Å².